The van der Waals surface area contributed by atoms with Crippen LogP contribution in [0, 0.1) is 5.82 Å². The van der Waals surface area contributed by atoms with Crippen LogP contribution in [0.5, 0.6) is 0 Å². The lowest BCUT2D eigenvalue weighted by atomic mass is 9.91. The Hall–Kier alpha value is -3.12. The Morgan fingerprint density at radius 2 is 2.25 bits per heavy atom. The summed E-state index contributed by atoms with van der Waals surface area (Å²) in [6, 6.07) is 3.20. The molecule has 2 bridgehead atoms. The second-order valence-corrected chi connectivity index (χ2v) is 9.98. The third kappa shape index (κ3) is 4.01. The largest absolute Gasteiger partial charge is 0.466 e. The van der Waals surface area contributed by atoms with Gasteiger partial charge >= 0.3 is 5.97 Å². The number of amidine groups is 1. The van der Waals surface area contributed by atoms with Crippen LogP contribution >= 0.6 is 22.9 Å². The topological polar surface area (TPSA) is 102 Å². The summed E-state index contributed by atoms with van der Waals surface area (Å²) >= 11 is 7.86. The molecule has 3 aliphatic heterocycles. The number of carbonyl (C=O) groups excluding carboxylic acids is 1. The number of ether oxygens (including phenoxy) is 2. The van der Waals surface area contributed by atoms with Crippen LogP contribution in [0.2, 0.25) is 5.02 Å². The van der Waals surface area contributed by atoms with Gasteiger partial charge in [-0.2, -0.15) is 0 Å². The van der Waals surface area contributed by atoms with Gasteiger partial charge in [0.1, 0.15) is 17.6 Å². The Balaban J connectivity index is 1.46. The highest BCUT2D eigenvalue weighted by Gasteiger charge is 2.42. The smallest absolute Gasteiger partial charge is 0.338 e. The number of fused-ring (bicyclic) bond motifs is 4. The van der Waals surface area contributed by atoms with Crippen molar-refractivity contribution in [3.8, 4) is 0 Å². The van der Waals surface area contributed by atoms with Gasteiger partial charge < -0.3 is 19.3 Å². The highest BCUT2D eigenvalue weighted by molar-refractivity contribution is 7.11. The number of nitrogens with zero attached hydrogens (tertiary/aromatic N) is 4. The van der Waals surface area contributed by atoms with Crippen LogP contribution in [0.3, 0.4) is 0 Å². The molecule has 1 saturated heterocycles. The van der Waals surface area contributed by atoms with E-state index in [1.54, 1.807) is 18.5 Å². The fraction of sp³-hybridized carbons (Fsp3) is 0.333. The molecule has 0 amide bonds. The number of aromatic nitrogens is 2. The highest BCUT2D eigenvalue weighted by atomic mass is 35.5. The lowest BCUT2D eigenvalue weighted by Crippen LogP contribution is -2.53. The Morgan fingerprint density at radius 3 is 3.03 bits per heavy atom. The maximum Gasteiger partial charge on any atom is 0.338 e. The van der Waals surface area contributed by atoms with Crippen LogP contribution in [0.1, 0.15) is 34.0 Å². The number of halogens is 2. The molecule has 3 aromatic rings. The molecule has 186 valence electrons. The minimum atomic E-state index is -0.812. The summed E-state index contributed by atoms with van der Waals surface area (Å²) in [5.41, 5.74) is 2.40. The van der Waals surface area contributed by atoms with Crippen molar-refractivity contribution in [2.45, 2.75) is 24.5 Å². The van der Waals surface area contributed by atoms with Gasteiger partial charge in [0.05, 0.1) is 38.1 Å². The first-order chi connectivity index (χ1) is 17.5. The molecule has 5 heterocycles. The van der Waals surface area contributed by atoms with Gasteiger partial charge in [0, 0.05) is 52.4 Å². The Bertz CT molecular complexity index is 1370. The molecule has 2 aromatic heterocycles. The zero-order chi connectivity index (χ0) is 24.8. The summed E-state index contributed by atoms with van der Waals surface area (Å²) in [5, 5.41) is 10.0. The minimum absolute atomic E-state index is 0.0347. The molecule has 12 heteroatoms. The zero-order valence-corrected chi connectivity index (χ0v) is 20.7. The lowest BCUT2D eigenvalue weighted by molar-refractivity contribution is -0.136. The Labute approximate surface area is 214 Å². The van der Waals surface area contributed by atoms with E-state index in [4.69, 9.17) is 30.6 Å². The van der Waals surface area contributed by atoms with Crippen LogP contribution in [-0.2, 0) is 20.7 Å². The van der Waals surface area contributed by atoms with Crippen LogP contribution in [0.4, 0.5) is 4.39 Å². The van der Waals surface area contributed by atoms with Crippen molar-refractivity contribution in [1.82, 2.24) is 20.4 Å². The van der Waals surface area contributed by atoms with Gasteiger partial charge in [-0.25, -0.2) is 14.2 Å². The van der Waals surface area contributed by atoms with Crippen LogP contribution in [0.25, 0.3) is 0 Å². The number of nitrogens with one attached hydrogen (secondary N) is 1. The number of hydrogen-bond acceptors (Lipinski definition) is 10. The quantitative estimate of drug-likeness (QED) is 0.502. The molecule has 9 nitrogen and oxygen atoms in total. The number of thiazole rings is 1. The van der Waals surface area contributed by atoms with Crippen molar-refractivity contribution >= 4 is 34.7 Å². The molecule has 3 unspecified atom stereocenters. The van der Waals surface area contributed by atoms with E-state index in [1.165, 1.54) is 30.6 Å². The first-order valence-electron chi connectivity index (χ1n) is 11.3. The molecule has 0 aliphatic carbocycles. The van der Waals surface area contributed by atoms with Gasteiger partial charge in [0.15, 0.2) is 10.8 Å². The van der Waals surface area contributed by atoms with Gasteiger partial charge in [-0.3, -0.25) is 9.89 Å². The van der Waals surface area contributed by atoms with Crippen molar-refractivity contribution in [2.75, 3.05) is 26.9 Å². The summed E-state index contributed by atoms with van der Waals surface area (Å²) in [4.78, 5) is 24.7. The molecule has 3 aliphatic rings. The molecule has 0 spiro atoms. The Kier molecular flexibility index (Phi) is 6.08. The Morgan fingerprint density at radius 1 is 1.36 bits per heavy atom. The molecule has 1 aromatic carbocycles. The maximum absolute atomic E-state index is 13.9. The number of rotatable bonds is 5. The zero-order valence-electron chi connectivity index (χ0n) is 19.1. The molecule has 6 rings (SSSR count). The van der Waals surface area contributed by atoms with E-state index >= 15 is 0 Å². The summed E-state index contributed by atoms with van der Waals surface area (Å²) in [5.74, 6) is 0.344. The third-order valence-electron chi connectivity index (χ3n) is 6.68. The second kappa shape index (κ2) is 9.40. The summed E-state index contributed by atoms with van der Waals surface area (Å²) < 4.78 is 30.4. The highest BCUT2D eigenvalue weighted by Crippen LogP contribution is 2.40. The first-order valence-corrected chi connectivity index (χ1v) is 12.6. The van der Waals surface area contributed by atoms with E-state index in [2.05, 4.69) is 20.4 Å². The normalized spacial score (nSPS) is 23.6. The molecule has 0 radical (unpaired) electrons. The predicted molar refractivity (Wildman–Crippen MR) is 129 cm³/mol. The predicted octanol–water partition coefficient (Wildman–Crippen LogP) is 3.44. The summed E-state index contributed by atoms with van der Waals surface area (Å²) in [6.07, 6.45) is 4.06. The summed E-state index contributed by atoms with van der Waals surface area (Å²) in [6.45, 7) is 1.39. The van der Waals surface area contributed by atoms with Gasteiger partial charge in [-0.1, -0.05) is 22.8 Å². The van der Waals surface area contributed by atoms with Crippen LogP contribution in [0.15, 0.2) is 56.8 Å². The number of benzene rings is 1. The van der Waals surface area contributed by atoms with Crippen molar-refractivity contribution < 1.29 is 23.2 Å². The van der Waals surface area contributed by atoms with E-state index in [-0.39, 0.29) is 17.1 Å². The third-order valence-corrected chi connectivity index (χ3v) is 7.78. The summed E-state index contributed by atoms with van der Waals surface area (Å²) in [7, 11) is 1.32. The average molecular weight is 530 g/mol. The fourth-order valence-electron chi connectivity index (χ4n) is 5.01. The van der Waals surface area contributed by atoms with Crippen LogP contribution < -0.4 is 5.32 Å². The molecule has 1 N–H and O–H groups in total. The minimum Gasteiger partial charge on any atom is -0.466 e. The molecular formula is C24H21ClFN5O4S. The van der Waals surface area contributed by atoms with E-state index < -0.39 is 17.8 Å². The number of morpholine rings is 1. The molecule has 3 atom stereocenters. The van der Waals surface area contributed by atoms with Gasteiger partial charge in [-0.05, 0) is 12.1 Å². The van der Waals surface area contributed by atoms with Crippen molar-refractivity contribution in [1.29, 1.82) is 0 Å². The van der Waals surface area contributed by atoms with E-state index in [9.17, 15) is 9.18 Å². The van der Waals surface area contributed by atoms with Gasteiger partial charge in [-0.15, -0.1) is 11.3 Å². The molecular weight excluding hydrogens is 509 g/mol. The molecule has 0 saturated carbocycles. The number of esters is 1. The van der Waals surface area contributed by atoms with Gasteiger partial charge in [0.2, 0.25) is 0 Å². The van der Waals surface area contributed by atoms with Crippen molar-refractivity contribution in [3.05, 3.63) is 80.0 Å². The van der Waals surface area contributed by atoms with Gasteiger partial charge in [0.25, 0.3) is 0 Å². The number of hydrogen-bond donors (Lipinski definition) is 1. The second-order valence-electron chi connectivity index (χ2n) is 8.68. The van der Waals surface area contributed by atoms with E-state index in [1.807, 2.05) is 5.38 Å². The van der Waals surface area contributed by atoms with E-state index in [0.29, 0.717) is 53.9 Å². The number of methoxy groups -OCH3 is 1. The standard InChI is InChI=1S/C24H21ClFN5O4S/c1-33-24(32)20-17(9-31-13-7-19-15(8-28-35-19)18(31)11-34-10-13)29-22(23-27-4-5-36-23)30-21(20)14-3-2-12(26)6-16(14)25/h2-6,8,13,18,21H,7,9-11H2,1H3,(H,29,30). The SMILES string of the molecule is COC(=O)C1=C(CN2C3COCC2c2cnoc2C3)NC(c2nccs2)=NC1c1ccc(F)cc1Cl. The lowest BCUT2D eigenvalue weighted by Gasteiger charge is -2.45. The van der Waals surface area contributed by atoms with Crippen molar-refractivity contribution in [2.24, 2.45) is 4.99 Å². The monoisotopic (exact) mass is 529 g/mol. The average Bonchev–Trinajstić information content (AvgIpc) is 3.56. The molecule has 1 fully saturated rings. The number of aliphatic imine (C=N–C) groups is 1. The van der Waals surface area contributed by atoms with Crippen LogP contribution in [-0.4, -0.2) is 59.8 Å². The first kappa shape index (κ1) is 23.3. The van der Waals surface area contributed by atoms with Crippen molar-refractivity contribution in [3.63, 3.8) is 0 Å². The fourth-order valence-corrected chi connectivity index (χ4v) is 5.87. The van der Waals surface area contributed by atoms with E-state index in [0.717, 1.165) is 11.3 Å². The number of carbonyl (C=O) groups is 1. The maximum atomic E-state index is 13.9. The molecule has 36 heavy (non-hydrogen) atoms.